The van der Waals surface area contributed by atoms with Gasteiger partial charge in [0, 0.05) is 24.8 Å². The van der Waals surface area contributed by atoms with E-state index in [9.17, 15) is 0 Å². The van der Waals surface area contributed by atoms with Crippen LogP contribution in [0.4, 0.5) is 0 Å². The lowest BCUT2D eigenvalue weighted by atomic mass is 10.0. The molecule has 2 aromatic rings. The molecule has 3 heteroatoms. The number of nitrogens with one attached hydrogen (secondary N) is 1. The molecule has 1 aromatic heterocycles. The third kappa shape index (κ3) is 3.80. The monoisotopic (exact) mass is 256 g/mol. The van der Waals surface area contributed by atoms with Gasteiger partial charge < -0.3 is 10.1 Å². The molecule has 1 aromatic carbocycles. The van der Waals surface area contributed by atoms with Crippen LogP contribution >= 0.6 is 0 Å². The second kappa shape index (κ2) is 6.34. The summed E-state index contributed by atoms with van der Waals surface area (Å²) in [4.78, 5) is 4.13. The standard InChI is InChI=1S/C16H20N2O/c1-12(2)18-11-13-5-4-6-14(9-13)15-7-8-17-16(10-15)19-3/h4-10,12,18H,11H2,1-3H3. The fourth-order valence-electron chi connectivity index (χ4n) is 1.88. The second-order valence-electron chi connectivity index (χ2n) is 4.82. The summed E-state index contributed by atoms with van der Waals surface area (Å²) in [5.74, 6) is 0.642. The van der Waals surface area contributed by atoms with Gasteiger partial charge in [0.25, 0.3) is 0 Å². The van der Waals surface area contributed by atoms with Gasteiger partial charge in [-0.2, -0.15) is 0 Å². The van der Waals surface area contributed by atoms with Gasteiger partial charge in [-0.25, -0.2) is 4.98 Å². The molecule has 0 saturated carbocycles. The number of nitrogens with zero attached hydrogens (tertiary/aromatic N) is 1. The summed E-state index contributed by atoms with van der Waals surface area (Å²) in [6, 6.07) is 13.0. The Morgan fingerprint density at radius 3 is 2.68 bits per heavy atom. The summed E-state index contributed by atoms with van der Waals surface area (Å²) in [6.07, 6.45) is 1.77. The van der Waals surface area contributed by atoms with Crippen molar-refractivity contribution in [2.24, 2.45) is 0 Å². The van der Waals surface area contributed by atoms with Gasteiger partial charge in [-0.05, 0) is 28.8 Å². The molecule has 1 heterocycles. The van der Waals surface area contributed by atoms with E-state index in [1.54, 1.807) is 13.3 Å². The zero-order chi connectivity index (χ0) is 13.7. The molecule has 0 bridgehead atoms. The molecule has 0 amide bonds. The van der Waals surface area contributed by atoms with Crippen molar-refractivity contribution in [3.63, 3.8) is 0 Å². The van der Waals surface area contributed by atoms with E-state index in [1.807, 2.05) is 12.1 Å². The number of hydrogen-bond donors (Lipinski definition) is 1. The Bertz CT molecular complexity index is 538. The van der Waals surface area contributed by atoms with Gasteiger partial charge in [-0.1, -0.05) is 32.0 Å². The van der Waals surface area contributed by atoms with Crippen LogP contribution in [0.5, 0.6) is 5.88 Å². The topological polar surface area (TPSA) is 34.1 Å². The van der Waals surface area contributed by atoms with Gasteiger partial charge >= 0.3 is 0 Å². The van der Waals surface area contributed by atoms with Crippen LogP contribution in [0.2, 0.25) is 0 Å². The van der Waals surface area contributed by atoms with E-state index in [1.165, 1.54) is 11.1 Å². The first kappa shape index (κ1) is 13.6. The number of methoxy groups -OCH3 is 1. The van der Waals surface area contributed by atoms with Crippen molar-refractivity contribution in [3.8, 4) is 17.0 Å². The SMILES string of the molecule is COc1cc(-c2cccc(CNC(C)C)c2)ccn1. The molecular formula is C16H20N2O. The van der Waals surface area contributed by atoms with Crippen molar-refractivity contribution in [3.05, 3.63) is 48.2 Å². The maximum atomic E-state index is 5.16. The normalized spacial score (nSPS) is 10.7. The van der Waals surface area contributed by atoms with E-state index >= 15 is 0 Å². The molecule has 0 unspecified atom stereocenters. The summed E-state index contributed by atoms with van der Waals surface area (Å²) in [5, 5.41) is 3.43. The van der Waals surface area contributed by atoms with Gasteiger partial charge in [-0.15, -0.1) is 0 Å². The van der Waals surface area contributed by atoms with Crippen molar-refractivity contribution >= 4 is 0 Å². The van der Waals surface area contributed by atoms with Crippen LogP contribution in [0.3, 0.4) is 0 Å². The number of hydrogen-bond acceptors (Lipinski definition) is 3. The molecule has 0 saturated heterocycles. The highest BCUT2D eigenvalue weighted by molar-refractivity contribution is 5.64. The van der Waals surface area contributed by atoms with Crippen LogP contribution in [0.1, 0.15) is 19.4 Å². The molecule has 1 N–H and O–H groups in total. The second-order valence-corrected chi connectivity index (χ2v) is 4.82. The maximum Gasteiger partial charge on any atom is 0.213 e. The lowest BCUT2D eigenvalue weighted by Gasteiger charge is -2.10. The quantitative estimate of drug-likeness (QED) is 0.891. The van der Waals surface area contributed by atoms with E-state index < -0.39 is 0 Å². The van der Waals surface area contributed by atoms with Crippen molar-refractivity contribution < 1.29 is 4.74 Å². The summed E-state index contributed by atoms with van der Waals surface area (Å²) in [6.45, 7) is 5.18. The average Bonchev–Trinajstić information content (AvgIpc) is 2.45. The third-order valence-corrected chi connectivity index (χ3v) is 2.92. The molecule has 0 aliphatic heterocycles. The van der Waals surface area contributed by atoms with Crippen LogP contribution in [-0.4, -0.2) is 18.1 Å². The van der Waals surface area contributed by atoms with Crippen LogP contribution in [-0.2, 0) is 6.54 Å². The van der Waals surface area contributed by atoms with Crippen molar-refractivity contribution in [1.29, 1.82) is 0 Å². The number of rotatable bonds is 5. The largest absolute Gasteiger partial charge is 0.481 e. The predicted octanol–water partition coefficient (Wildman–Crippen LogP) is 3.26. The minimum absolute atomic E-state index is 0.490. The highest BCUT2D eigenvalue weighted by Gasteiger charge is 2.02. The van der Waals surface area contributed by atoms with Crippen molar-refractivity contribution in [2.75, 3.05) is 7.11 Å². The first-order chi connectivity index (χ1) is 9.19. The lowest BCUT2D eigenvalue weighted by molar-refractivity contribution is 0.398. The van der Waals surface area contributed by atoms with Gasteiger partial charge in [-0.3, -0.25) is 0 Å². The van der Waals surface area contributed by atoms with E-state index in [-0.39, 0.29) is 0 Å². The van der Waals surface area contributed by atoms with Crippen molar-refractivity contribution in [2.45, 2.75) is 26.4 Å². The number of ether oxygens (including phenoxy) is 1. The maximum absolute atomic E-state index is 5.16. The van der Waals surface area contributed by atoms with Gasteiger partial charge in [0.2, 0.25) is 5.88 Å². The molecule has 19 heavy (non-hydrogen) atoms. The van der Waals surface area contributed by atoms with E-state index in [4.69, 9.17) is 4.74 Å². The minimum atomic E-state index is 0.490. The zero-order valence-electron chi connectivity index (χ0n) is 11.7. The van der Waals surface area contributed by atoms with Crippen LogP contribution in [0.15, 0.2) is 42.6 Å². The van der Waals surface area contributed by atoms with E-state index in [2.05, 4.69) is 48.4 Å². The molecule has 2 rings (SSSR count). The molecule has 0 aliphatic carbocycles. The molecular weight excluding hydrogens is 236 g/mol. The molecule has 0 atom stereocenters. The summed E-state index contributed by atoms with van der Waals surface area (Å²) in [7, 11) is 1.63. The van der Waals surface area contributed by atoms with Gasteiger partial charge in [0.05, 0.1) is 7.11 Å². The Hall–Kier alpha value is -1.87. The van der Waals surface area contributed by atoms with Gasteiger partial charge in [0.1, 0.15) is 0 Å². The number of benzene rings is 1. The minimum Gasteiger partial charge on any atom is -0.481 e. The Labute approximate surface area is 114 Å². The Morgan fingerprint density at radius 1 is 1.16 bits per heavy atom. The molecule has 100 valence electrons. The Morgan fingerprint density at radius 2 is 1.95 bits per heavy atom. The zero-order valence-corrected chi connectivity index (χ0v) is 11.7. The fourth-order valence-corrected chi connectivity index (χ4v) is 1.88. The van der Waals surface area contributed by atoms with Gasteiger partial charge in [0.15, 0.2) is 0 Å². The van der Waals surface area contributed by atoms with Crippen LogP contribution < -0.4 is 10.1 Å². The smallest absolute Gasteiger partial charge is 0.213 e. The predicted molar refractivity (Wildman–Crippen MR) is 78.2 cm³/mol. The average molecular weight is 256 g/mol. The first-order valence-electron chi connectivity index (χ1n) is 6.52. The summed E-state index contributed by atoms with van der Waals surface area (Å²) < 4.78 is 5.16. The Balaban J connectivity index is 2.22. The fraction of sp³-hybridized carbons (Fsp3) is 0.312. The molecule has 0 radical (unpaired) electrons. The van der Waals surface area contributed by atoms with E-state index in [0.29, 0.717) is 11.9 Å². The molecule has 0 spiro atoms. The van der Waals surface area contributed by atoms with E-state index in [0.717, 1.165) is 12.1 Å². The summed E-state index contributed by atoms with van der Waals surface area (Å²) in [5.41, 5.74) is 3.59. The van der Waals surface area contributed by atoms with Crippen LogP contribution in [0.25, 0.3) is 11.1 Å². The van der Waals surface area contributed by atoms with Crippen molar-refractivity contribution in [1.82, 2.24) is 10.3 Å². The molecule has 0 aliphatic rings. The number of aromatic nitrogens is 1. The summed E-state index contributed by atoms with van der Waals surface area (Å²) >= 11 is 0. The molecule has 3 nitrogen and oxygen atoms in total. The lowest BCUT2D eigenvalue weighted by Crippen LogP contribution is -2.21. The van der Waals surface area contributed by atoms with Crippen LogP contribution in [0, 0.1) is 0 Å². The molecule has 0 fully saturated rings. The highest BCUT2D eigenvalue weighted by Crippen LogP contribution is 2.22. The first-order valence-corrected chi connectivity index (χ1v) is 6.52. The Kier molecular flexibility index (Phi) is 4.53. The highest BCUT2D eigenvalue weighted by atomic mass is 16.5. The number of pyridine rings is 1. The third-order valence-electron chi connectivity index (χ3n) is 2.92.